The molecule has 2 rings (SSSR count). The average Bonchev–Trinajstić information content (AvgIpc) is 2.54. The molecule has 2 aromatic rings. The number of benzene rings is 1. The van der Waals surface area contributed by atoms with Gasteiger partial charge in [-0.1, -0.05) is 13.8 Å². The quantitative estimate of drug-likeness (QED) is 0.919. The van der Waals surface area contributed by atoms with Crippen molar-refractivity contribution < 1.29 is 14.3 Å². The molecule has 0 saturated heterocycles. The molecule has 1 amide bonds. The third-order valence-electron chi connectivity index (χ3n) is 3.15. The van der Waals surface area contributed by atoms with Gasteiger partial charge in [-0.25, -0.2) is 0 Å². The van der Waals surface area contributed by atoms with Gasteiger partial charge >= 0.3 is 0 Å². The van der Waals surface area contributed by atoms with Gasteiger partial charge in [-0.2, -0.15) is 5.10 Å². The first-order chi connectivity index (χ1) is 10.5. The Morgan fingerprint density at radius 1 is 1.05 bits per heavy atom. The van der Waals surface area contributed by atoms with Crippen LogP contribution in [0, 0.1) is 0 Å². The van der Waals surface area contributed by atoms with Crippen molar-refractivity contribution in [3.63, 3.8) is 0 Å². The molecule has 1 aromatic carbocycles. The lowest BCUT2D eigenvalue weighted by Gasteiger charge is -2.10. The van der Waals surface area contributed by atoms with Gasteiger partial charge in [0, 0.05) is 11.8 Å². The van der Waals surface area contributed by atoms with Gasteiger partial charge in [-0.05, 0) is 30.2 Å². The summed E-state index contributed by atoms with van der Waals surface area (Å²) in [6.07, 6.45) is 0. The number of aromatic nitrogens is 2. The highest BCUT2D eigenvalue weighted by Crippen LogP contribution is 2.29. The van der Waals surface area contributed by atoms with Gasteiger partial charge in [0.1, 0.15) is 0 Å². The fraction of sp³-hybridized carbons (Fsp3) is 0.312. The van der Waals surface area contributed by atoms with Crippen LogP contribution >= 0.6 is 0 Å². The van der Waals surface area contributed by atoms with Crippen molar-refractivity contribution >= 4 is 11.6 Å². The summed E-state index contributed by atoms with van der Waals surface area (Å²) < 4.78 is 10.4. The highest BCUT2D eigenvalue weighted by molar-refractivity contribution is 6.02. The third kappa shape index (κ3) is 3.52. The number of hydrogen-bond donors (Lipinski definition) is 1. The second-order valence-electron chi connectivity index (χ2n) is 5.02. The van der Waals surface area contributed by atoms with E-state index in [0.29, 0.717) is 17.2 Å². The SMILES string of the molecule is COc1ccc(NC(=O)c2ccc(C(C)C)nn2)cc1OC. The molecule has 22 heavy (non-hydrogen) atoms. The number of anilines is 1. The van der Waals surface area contributed by atoms with Gasteiger partial charge in [-0.3, -0.25) is 4.79 Å². The van der Waals surface area contributed by atoms with E-state index in [4.69, 9.17) is 9.47 Å². The maximum atomic E-state index is 12.2. The van der Waals surface area contributed by atoms with Crippen molar-refractivity contribution in [3.05, 3.63) is 41.7 Å². The number of ether oxygens (including phenoxy) is 2. The van der Waals surface area contributed by atoms with E-state index >= 15 is 0 Å². The molecule has 1 N–H and O–H groups in total. The van der Waals surface area contributed by atoms with E-state index in [2.05, 4.69) is 15.5 Å². The summed E-state index contributed by atoms with van der Waals surface area (Å²) in [4.78, 5) is 12.2. The van der Waals surface area contributed by atoms with Crippen LogP contribution in [0.15, 0.2) is 30.3 Å². The van der Waals surface area contributed by atoms with E-state index in [9.17, 15) is 4.79 Å². The highest BCUT2D eigenvalue weighted by atomic mass is 16.5. The van der Waals surface area contributed by atoms with Crippen molar-refractivity contribution in [2.45, 2.75) is 19.8 Å². The second-order valence-corrected chi connectivity index (χ2v) is 5.02. The molecular weight excluding hydrogens is 282 g/mol. The molecule has 0 fully saturated rings. The number of nitrogens with one attached hydrogen (secondary N) is 1. The first kappa shape index (κ1) is 15.8. The number of methoxy groups -OCH3 is 2. The van der Waals surface area contributed by atoms with Crippen LogP contribution in [-0.2, 0) is 0 Å². The molecule has 6 nitrogen and oxygen atoms in total. The fourth-order valence-electron chi connectivity index (χ4n) is 1.88. The molecule has 0 unspecified atom stereocenters. The minimum absolute atomic E-state index is 0.263. The molecule has 0 saturated carbocycles. The molecule has 0 atom stereocenters. The highest BCUT2D eigenvalue weighted by Gasteiger charge is 2.11. The van der Waals surface area contributed by atoms with Crippen LogP contribution < -0.4 is 14.8 Å². The molecule has 0 spiro atoms. The molecular formula is C16H19N3O3. The normalized spacial score (nSPS) is 10.4. The van der Waals surface area contributed by atoms with Crippen molar-refractivity contribution in [1.29, 1.82) is 0 Å². The number of carbonyl (C=O) groups is 1. The Kier molecular flexibility index (Phi) is 4.93. The number of hydrogen-bond acceptors (Lipinski definition) is 5. The van der Waals surface area contributed by atoms with Gasteiger partial charge < -0.3 is 14.8 Å². The van der Waals surface area contributed by atoms with E-state index in [0.717, 1.165) is 5.69 Å². The number of nitrogens with zero attached hydrogens (tertiary/aromatic N) is 2. The Morgan fingerprint density at radius 2 is 1.77 bits per heavy atom. The lowest BCUT2D eigenvalue weighted by atomic mass is 10.1. The zero-order valence-corrected chi connectivity index (χ0v) is 13.1. The van der Waals surface area contributed by atoms with Crippen LogP contribution in [0.2, 0.25) is 0 Å². The minimum Gasteiger partial charge on any atom is -0.493 e. The summed E-state index contributed by atoms with van der Waals surface area (Å²) in [5.74, 6) is 1.09. The summed E-state index contributed by atoms with van der Waals surface area (Å²) >= 11 is 0. The number of rotatable bonds is 5. The first-order valence-corrected chi connectivity index (χ1v) is 6.92. The summed E-state index contributed by atoms with van der Waals surface area (Å²) in [6, 6.07) is 8.61. The molecule has 0 radical (unpaired) electrons. The third-order valence-corrected chi connectivity index (χ3v) is 3.15. The van der Waals surface area contributed by atoms with E-state index in [-0.39, 0.29) is 17.5 Å². The van der Waals surface area contributed by atoms with Crippen LogP contribution in [0.25, 0.3) is 0 Å². The summed E-state index contributed by atoms with van der Waals surface area (Å²) in [5, 5.41) is 10.8. The Hall–Kier alpha value is -2.63. The number of carbonyl (C=O) groups excluding carboxylic acids is 1. The largest absolute Gasteiger partial charge is 0.493 e. The average molecular weight is 301 g/mol. The molecule has 0 aliphatic heterocycles. The maximum Gasteiger partial charge on any atom is 0.276 e. The summed E-state index contributed by atoms with van der Waals surface area (Å²) in [6.45, 7) is 4.04. The van der Waals surface area contributed by atoms with Gasteiger partial charge in [0.2, 0.25) is 0 Å². The van der Waals surface area contributed by atoms with E-state index in [1.54, 1.807) is 44.6 Å². The molecule has 1 aromatic heterocycles. The molecule has 0 bridgehead atoms. The Bertz CT molecular complexity index is 654. The van der Waals surface area contributed by atoms with E-state index in [1.807, 2.05) is 13.8 Å². The predicted molar refractivity (Wildman–Crippen MR) is 83.6 cm³/mol. The van der Waals surface area contributed by atoms with Crippen LogP contribution in [0.4, 0.5) is 5.69 Å². The zero-order valence-electron chi connectivity index (χ0n) is 13.1. The van der Waals surface area contributed by atoms with Crippen LogP contribution in [0.5, 0.6) is 11.5 Å². The van der Waals surface area contributed by atoms with Crippen molar-refractivity contribution in [1.82, 2.24) is 10.2 Å². The van der Waals surface area contributed by atoms with Crippen molar-refractivity contribution in [2.24, 2.45) is 0 Å². The van der Waals surface area contributed by atoms with Crippen molar-refractivity contribution in [2.75, 3.05) is 19.5 Å². The standard InChI is InChI=1S/C16H19N3O3/c1-10(2)12-6-7-13(19-18-12)16(20)17-11-5-8-14(21-3)15(9-11)22-4/h5-10H,1-4H3,(H,17,20). The lowest BCUT2D eigenvalue weighted by molar-refractivity contribution is 0.102. The summed E-state index contributed by atoms with van der Waals surface area (Å²) in [7, 11) is 3.10. The fourth-order valence-corrected chi connectivity index (χ4v) is 1.88. The van der Waals surface area contributed by atoms with Crippen LogP contribution in [-0.4, -0.2) is 30.3 Å². The van der Waals surface area contributed by atoms with E-state index in [1.165, 1.54) is 0 Å². The first-order valence-electron chi connectivity index (χ1n) is 6.92. The van der Waals surface area contributed by atoms with Gasteiger partial charge in [0.05, 0.1) is 19.9 Å². The van der Waals surface area contributed by atoms with Crippen LogP contribution in [0.1, 0.15) is 35.9 Å². The molecule has 0 aliphatic rings. The molecule has 116 valence electrons. The Balaban J connectivity index is 2.14. The predicted octanol–water partition coefficient (Wildman–Crippen LogP) is 2.87. The molecule has 0 aliphatic carbocycles. The zero-order chi connectivity index (χ0) is 16.1. The number of amides is 1. The lowest BCUT2D eigenvalue weighted by Crippen LogP contribution is -2.15. The smallest absolute Gasteiger partial charge is 0.276 e. The Labute approximate surface area is 129 Å². The Morgan fingerprint density at radius 3 is 2.32 bits per heavy atom. The maximum absolute atomic E-state index is 12.2. The van der Waals surface area contributed by atoms with Crippen LogP contribution in [0.3, 0.4) is 0 Å². The van der Waals surface area contributed by atoms with E-state index < -0.39 is 0 Å². The topological polar surface area (TPSA) is 73.3 Å². The molecule has 6 heteroatoms. The monoisotopic (exact) mass is 301 g/mol. The van der Waals surface area contributed by atoms with Gasteiger partial charge in [0.25, 0.3) is 5.91 Å². The minimum atomic E-state index is -0.324. The second kappa shape index (κ2) is 6.89. The molecule has 1 heterocycles. The summed E-state index contributed by atoms with van der Waals surface area (Å²) in [5.41, 5.74) is 1.71. The van der Waals surface area contributed by atoms with Gasteiger partial charge in [0.15, 0.2) is 17.2 Å². The van der Waals surface area contributed by atoms with Gasteiger partial charge in [-0.15, -0.1) is 5.10 Å². The van der Waals surface area contributed by atoms with Crippen molar-refractivity contribution in [3.8, 4) is 11.5 Å².